The van der Waals surface area contributed by atoms with Crippen molar-refractivity contribution in [1.29, 1.82) is 0 Å². The number of hydrogen-bond donors (Lipinski definition) is 0. The van der Waals surface area contributed by atoms with E-state index in [4.69, 9.17) is 4.74 Å². The topological polar surface area (TPSA) is 87.3 Å². The lowest BCUT2D eigenvalue weighted by Crippen LogP contribution is -2.32. The molecule has 0 saturated heterocycles. The lowest BCUT2D eigenvalue weighted by Gasteiger charge is -2.22. The fourth-order valence-electron chi connectivity index (χ4n) is 2.26. The number of esters is 1. The maximum absolute atomic E-state index is 12.3. The van der Waals surface area contributed by atoms with Gasteiger partial charge in [0.1, 0.15) is 19.3 Å². The molecular formula is C16H19N3O4. The van der Waals surface area contributed by atoms with E-state index in [9.17, 15) is 14.9 Å². The van der Waals surface area contributed by atoms with Crippen molar-refractivity contribution in [2.75, 3.05) is 6.61 Å². The van der Waals surface area contributed by atoms with Crippen LogP contribution in [0.15, 0.2) is 36.5 Å². The number of nitrogens with zero attached hydrogens (tertiary/aromatic N) is 3. The molecule has 122 valence electrons. The second-order valence-electron chi connectivity index (χ2n) is 5.70. The second-order valence-corrected chi connectivity index (χ2v) is 5.70. The molecule has 7 nitrogen and oxygen atoms in total. The number of carbonyl (C=O) groups excluding carboxylic acids is 1. The minimum absolute atomic E-state index is 0.0487. The number of aryl methyl sites for hydroxylation is 1. The zero-order chi connectivity index (χ0) is 17.0. The second kappa shape index (κ2) is 6.60. The van der Waals surface area contributed by atoms with Gasteiger partial charge >= 0.3 is 11.8 Å². The maximum atomic E-state index is 12.3. The molecule has 0 spiro atoms. The molecular weight excluding hydrogens is 298 g/mol. The molecule has 1 aromatic carbocycles. The van der Waals surface area contributed by atoms with Gasteiger partial charge in [-0.15, -0.1) is 0 Å². The third-order valence-corrected chi connectivity index (χ3v) is 3.77. The predicted octanol–water partition coefficient (Wildman–Crippen LogP) is 2.62. The van der Waals surface area contributed by atoms with Crippen LogP contribution in [0.1, 0.15) is 25.2 Å². The van der Waals surface area contributed by atoms with Crippen LogP contribution in [0.5, 0.6) is 0 Å². The minimum atomic E-state index is -0.781. The van der Waals surface area contributed by atoms with Crippen molar-refractivity contribution in [1.82, 2.24) is 9.55 Å². The molecule has 1 heterocycles. The number of imidazole rings is 1. The normalized spacial score (nSPS) is 11.3. The first-order valence-electron chi connectivity index (χ1n) is 7.23. The van der Waals surface area contributed by atoms with Gasteiger partial charge in [-0.05, 0) is 24.3 Å². The van der Waals surface area contributed by atoms with Gasteiger partial charge in [0, 0.05) is 6.92 Å². The zero-order valence-electron chi connectivity index (χ0n) is 13.4. The number of rotatable bonds is 6. The van der Waals surface area contributed by atoms with Crippen LogP contribution in [0.4, 0.5) is 5.82 Å². The van der Waals surface area contributed by atoms with Gasteiger partial charge in [0.25, 0.3) is 0 Å². The average molecular weight is 317 g/mol. The van der Waals surface area contributed by atoms with Crippen molar-refractivity contribution in [3.05, 3.63) is 58.0 Å². The van der Waals surface area contributed by atoms with Gasteiger partial charge in [0.15, 0.2) is 5.82 Å². The molecule has 0 N–H and O–H groups in total. The largest absolute Gasteiger partial charge is 0.461 e. The number of carbonyl (C=O) groups is 1. The third kappa shape index (κ3) is 3.56. The molecule has 0 atom stereocenters. The van der Waals surface area contributed by atoms with Gasteiger partial charge in [0.2, 0.25) is 0 Å². The number of nitro groups is 1. The molecule has 23 heavy (non-hydrogen) atoms. The van der Waals surface area contributed by atoms with Crippen molar-refractivity contribution in [2.45, 2.75) is 32.7 Å². The summed E-state index contributed by atoms with van der Waals surface area (Å²) in [6, 6.07) is 9.34. The fraction of sp³-hybridized carbons (Fsp3) is 0.375. The van der Waals surface area contributed by atoms with E-state index in [1.54, 1.807) is 20.8 Å². The summed E-state index contributed by atoms with van der Waals surface area (Å²) >= 11 is 0. The van der Waals surface area contributed by atoms with Crippen molar-refractivity contribution in [3.63, 3.8) is 0 Å². The van der Waals surface area contributed by atoms with Crippen LogP contribution in [0.2, 0.25) is 0 Å². The van der Waals surface area contributed by atoms with Crippen molar-refractivity contribution >= 4 is 11.8 Å². The smallest absolute Gasteiger partial charge is 0.342 e. The van der Waals surface area contributed by atoms with E-state index in [0.717, 1.165) is 5.56 Å². The number of aromatic nitrogens is 2. The zero-order valence-corrected chi connectivity index (χ0v) is 13.4. The Labute approximate surface area is 134 Å². The Morgan fingerprint density at radius 3 is 2.61 bits per heavy atom. The third-order valence-electron chi connectivity index (χ3n) is 3.77. The number of benzene rings is 1. The first kappa shape index (κ1) is 16.7. The highest BCUT2D eigenvalue weighted by molar-refractivity contribution is 5.82. The standard InChI is InChI=1S/C16H19N3O4/c1-12-17-11-14(19(21)22)18(12)9-10-23-15(20)16(2,3)13-7-5-4-6-8-13/h4-8,11H,9-10H2,1-3H3. The van der Waals surface area contributed by atoms with E-state index in [2.05, 4.69) is 4.98 Å². The Balaban J connectivity index is 2.00. The Morgan fingerprint density at radius 2 is 2.00 bits per heavy atom. The molecule has 0 aliphatic heterocycles. The quantitative estimate of drug-likeness (QED) is 0.464. The highest BCUT2D eigenvalue weighted by Crippen LogP contribution is 2.24. The van der Waals surface area contributed by atoms with Gasteiger partial charge in [-0.2, -0.15) is 0 Å². The van der Waals surface area contributed by atoms with Crippen LogP contribution in [0.3, 0.4) is 0 Å². The molecule has 0 aliphatic carbocycles. The van der Waals surface area contributed by atoms with E-state index in [1.807, 2.05) is 30.3 Å². The molecule has 0 unspecified atom stereocenters. The van der Waals surface area contributed by atoms with Crippen molar-refractivity contribution in [3.8, 4) is 0 Å². The van der Waals surface area contributed by atoms with Crippen molar-refractivity contribution in [2.24, 2.45) is 0 Å². The average Bonchev–Trinajstić information content (AvgIpc) is 2.89. The maximum Gasteiger partial charge on any atom is 0.342 e. The van der Waals surface area contributed by atoms with E-state index in [0.29, 0.717) is 5.82 Å². The van der Waals surface area contributed by atoms with Crippen LogP contribution < -0.4 is 0 Å². The van der Waals surface area contributed by atoms with Crippen LogP contribution in [-0.2, 0) is 21.5 Å². The highest BCUT2D eigenvalue weighted by Gasteiger charge is 2.31. The van der Waals surface area contributed by atoms with E-state index < -0.39 is 10.3 Å². The molecule has 2 aromatic rings. The SMILES string of the molecule is Cc1ncc([N+](=O)[O-])n1CCOC(=O)C(C)(C)c1ccccc1. The minimum Gasteiger partial charge on any atom is -0.461 e. The van der Waals surface area contributed by atoms with Crippen molar-refractivity contribution < 1.29 is 14.5 Å². The lowest BCUT2D eigenvalue weighted by atomic mass is 9.85. The molecule has 0 amide bonds. The van der Waals surface area contributed by atoms with Gasteiger partial charge in [-0.25, -0.2) is 9.55 Å². The van der Waals surface area contributed by atoms with E-state index in [1.165, 1.54) is 10.8 Å². The molecule has 0 fully saturated rings. The Bertz CT molecular complexity index is 707. The molecule has 0 saturated carbocycles. The molecule has 0 radical (unpaired) electrons. The lowest BCUT2D eigenvalue weighted by molar-refractivity contribution is -0.392. The number of hydrogen-bond acceptors (Lipinski definition) is 5. The summed E-state index contributed by atoms with van der Waals surface area (Å²) in [7, 11) is 0. The van der Waals surface area contributed by atoms with Crippen LogP contribution in [0, 0.1) is 17.0 Å². The van der Waals surface area contributed by atoms with Crippen LogP contribution in [0.25, 0.3) is 0 Å². The fourth-order valence-corrected chi connectivity index (χ4v) is 2.26. The summed E-state index contributed by atoms with van der Waals surface area (Å²) in [4.78, 5) is 26.6. The van der Waals surface area contributed by atoms with Gasteiger partial charge in [-0.1, -0.05) is 30.3 Å². The Morgan fingerprint density at radius 1 is 1.35 bits per heavy atom. The van der Waals surface area contributed by atoms with Gasteiger partial charge < -0.3 is 14.9 Å². The monoisotopic (exact) mass is 317 g/mol. The number of ether oxygens (including phenoxy) is 1. The summed E-state index contributed by atoms with van der Waals surface area (Å²) < 4.78 is 6.73. The predicted molar refractivity (Wildman–Crippen MR) is 84.0 cm³/mol. The van der Waals surface area contributed by atoms with Gasteiger partial charge in [0.05, 0.1) is 5.41 Å². The first-order chi connectivity index (χ1) is 10.8. The Hall–Kier alpha value is -2.70. The molecule has 1 aromatic heterocycles. The van der Waals surface area contributed by atoms with Gasteiger partial charge in [-0.3, -0.25) is 4.79 Å². The summed E-state index contributed by atoms with van der Waals surface area (Å²) in [6.07, 6.45) is 1.20. The highest BCUT2D eigenvalue weighted by atomic mass is 16.6. The summed E-state index contributed by atoms with van der Waals surface area (Å²) in [5.74, 6) is 0.0278. The van der Waals surface area contributed by atoms with Crippen LogP contribution in [-0.4, -0.2) is 27.1 Å². The molecule has 0 aliphatic rings. The molecule has 2 rings (SSSR count). The van der Waals surface area contributed by atoms with E-state index >= 15 is 0 Å². The van der Waals surface area contributed by atoms with Crippen LogP contribution >= 0.6 is 0 Å². The summed E-state index contributed by atoms with van der Waals surface area (Å²) in [5, 5.41) is 10.9. The van der Waals surface area contributed by atoms with E-state index in [-0.39, 0.29) is 24.9 Å². The summed E-state index contributed by atoms with van der Waals surface area (Å²) in [5.41, 5.74) is 0.0757. The molecule has 7 heteroatoms. The first-order valence-corrected chi connectivity index (χ1v) is 7.23. The Kier molecular flexibility index (Phi) is 4.78. The summed E-state index contributed by atoms with van der Waals surface area (Å²) in [6.45, 7) is 5.49. The molecule has 0 bridgehead atoms.